The van der Waals surface area contributed by atoms with E-state index in [4.69, 9.17) is 11.6 Å². The van der Waals surface area contributed by atoms with Crippen LogP contribution >= 0.6 is 27.5 Å². The molecule has 0 radical (unpaired) electrons. The van der Waals surface area contributed by atoms with Gasteiger partial charge in [-0.2, -0.15) is 0 Å². The van der Waals surface area contributed by atoms with Crippen LogP contribution < -0.4 is 5.32 Å². The van der Waals surface area contributed by atoms with E-state index >= 15 is 0 Å². The van der Waals surface area contributed by atoms with Crippen LogP contribution in [-0.2, 0) is 6.42 Å². The Morgan fingerprint density at radius 2 is 2.31 bits per heavy atom. The topological polar surface area (TPSA) is 12.0 Å². The van der Waals surface area contributed by atoms with Gasteiger partial charge in [-0.15, -0.1) is 0 Å². The predicted molar refractivity (Wildman–Crippen MR) is 68.4 cm³/mol. The first-order chi connectivity index (χ1) is 7.66. The molecule has 16 heavy (non-hydrogen) atoms. The Labute approximate surface area is 109 Å². The molecular weight excluding hydrogens is 292 g/mol. The van der Waals surface area contributed by atoms with Gasteiger partial charge < -0.3 is 5.32 Å². The van der Waals surface area contributed by atoms with E-state index in [1.165, 1.54) is 12.8 Å². The summed E-state index contributed by atoms with van der Waals surface area (Å²) in [5, 5.41) is 3.54. The van der Waals surface area contributed by atoms with Gasteiger partial charge in [-0.3, -0.25) is 0 Å². The van der Waals surface area contributed by atoms with E-state index in [2.05, 4.69) is 21.2 Å². The summed E-state index contributed by atoms with van der Waals surface area (Å²) in [6.45, 7) is 2.14. The highest BCUT2D eigenvalue weighted by molar-refractivity contribution is 9.10. The lowest BCUT2D eigenvalue weighted by Crippen LogP contribution is -2.30. The van der Waals surface area contributed by atoms with Crippen LogP contribution in [0.1, 0.15) is 18.4 Å². The lowest BCUT2D eigenvalue weighted by atomic mass is 9.92. The Bertz CT molecular complexity index is 354. The van der Waals surface area contributed by atoms with Crippen LogP contribution in [0.15, 0.2) is 16.6 Å². The molecule has 1 unspecified atom stereocenters. The summed E-state index contributed by atoms with van der Waals surface area (Å²) in [5.74, 6) is 0.274. The fourth-order valence-electron chi connectivity index (χ4n) is 2.16. The van der Waals surface area contributed by atoms with Gasteiger partial charge in [-0.1, -0.05) is 11.6 Å². The second-order valence-electron chi connectivity index (χ2n) is 4.29. The van der Waals surface area contributed by atoms with Crippen molar-refractivity contribution < 1.29 is 4.39 Å². The maximum Gasteiger partial charge on any atom is 0.143 e. The van der Waals surface area contributed by atoms with Crippen LogP contribution in [0.4, 0.5) is 4.39 Å². The van der Waals surface area contributed by atoms with Crippen molar-refractivity contribution in [3.8, 4) is 0 Å². The first kappa shape index (κ1) is 12.3. The molecular formula is C12H14BrClFN. The molecule has 2 rings (SSSR count). The predicted octanol–water partition coefficient (Wildman–Crippen LogP) is 3.78. The highest BCUT2D eigenvalue weighted by Crippen LogP contribution is 2.28. The summed E-state index contributed by atoms with van der Waals surface area (Å²) in [6.07, 6.45) is 3.34. The first-order valence-electron chi connectivity index (χ1n) is 5.51. The molecule has 1 fully saturated rings. The summed E-state index contributed by atoms with van der Waals surface area (Å²) in [4.78, 5) is 0. The van der Waals surface area contributed by atoms with E-state index in [1.807, 2.05) is 6.07 Å². The minimum absolute atomic E-state index is 0.172. The molecule has 0 bridgehead atoms. The fraction of sp³-hybridized carbons (Fsp3) is 0.500. The monoisotopic (exact) mass is 305 g/mol. The zero-order chi connectivity index (χ0) is 11.5. The van der Waals surface area contributed by atoms with Gasteiger partial charge >= 0.3 is 0 Å². The molecule has 1 aliphatic heterocycles. The Morgan fingerprint density at radius 3 is 2.94 bits per heavy atom. The molecule has 1 aromatic rings. The quantitative estimate of drug-likeness (QED) is 0.820. The van der Waals surface area contributed by atoms with Crippen molar-refractivity contribution in [1.82, 2.24) is 5.32 Å². The number of piperidine rings is 1. The minimum Gasteiger partial charge on any atom is -0.316 e. The van der Waals surface area contributed by atoms with Gasteiger partial charge in [0.05, 0.1) is 5.02 Å². The van der Waals surface area contributed by atoms with Crippen molar-refractivity contribution in [2.75, 3.05) is 13.1 Å². The van der Waals surface area contributed by atoms with Crippen molar-refractivity contribution in [2.24, 2.45) is 5.92 Å². The van der Waals surface area contributed by atoms with Gasteiger partial charge in [-0.05, 0) is 71.9 Å². The van der Waals surface area contributed by atoms with Gasteiger partial charge in [0.15, 0.2) is 0 Å². The third-order valence-electron chi connectivity index (χ3n) is 2.97. The van der Waals surface area contributed by atoms with E-state index in [0.29, 0.717) is 10.4 Å². The molecule has 1 atom stereocenters. The molecule has 0 saturated carbocycles. The summed E-state index contributed by atoms with van der Waals surface area (Å²) < 4.78 is 14.1. The summed E-state index contributed by atoms with van der Waals surface area (Å²) in [7, 11) is 0. The first-order valence-corrected chi connectivity index (χ1v) is 6.68. The van der Waals surface area contributed by atoms with Crippen LogP contribution in [-0.4, -0.2) is 13.1 Å². The molecule has 1 saturated heterocycles. The zero-order valence-electron chi connectivity index (χ0n) is 8.90. The van der Waals surface area contributed by atoms with Gasteiger partial charge in [-0.25, -0.2) is 4.39 Å². The molecule has 0 aromatic heterocycles. The maximum absolute atomic E-state index is 13.4. The Hall–Kier alpha value is -0.120. The third-order valence-corrected chi connectivity index (χ3v) is 4.20. The van der Waals surface area contributed by atoms with E-state index in [0.717, 1.165) is 25.1 Å². The molecule has 1 heterocycles. The second-order valence-corrected chi connectivity index (χ2v) is 5.52. The summed E-state index contributed by atoms with van der Waals surface area (Å²) in [5.41, 5.74) is 1.02. The largest absolute Gasteiger partial charge is 0.316 e. The van der Waals surface area contributed by atoms with Gasteiger partial charge in [0.1, 0.15) is 5.82 Å². The minimum atomic E-state index is -0.338. The van der Waals surface area contributed by atoms with Crippen LogP contribution in [0, 0.1) is 11.7 Å². The third kappa shape index (κ3) is 2.96. The van der Waals surface area contributed by atoms with Crippen molar-refractivity contribution in [3.05, 3.63) is 33.0 Å². The van der Waals surface area contributed by atoms with Crippen LogP contribution in [0.25, 0.3) is 0 Å². The van der Waals surface area contributed by atoms with Gasteiger partial charge in [0, 0.05) is 4.47 Å². The van der Waals surface area contributed by atoms with Crippen molar-refractivity contribution in [2.45, 2.75) is 19.3 Å². The number of benzene rings is 1. The van der Waals surface area contributed by atoms with E-state index in [-0.39, 0.29) is 10.8 Å². The summed E-state index contributed by atoms with van der Waals surface area (Å²) >= 11 is 9.03. The van der Waals surface area contributed by atoms with Gasteiger partial charge in [0.25, 0.3) is 0 Å². The molecule has 1 nitrogen and oxygen atoms in total. The molecule has 88 valence electrons. The molecule has 4 heteroatoms. The second kappa shape index (κ2) is 5.48. The van der Waals surface area contributed by atoms with Gasteiger partial charge in [0.2, 0.25) is 0 Å². The van der Waals surface area contributed by atoms with E-state index in [9.17, 15) is 4.39 Å². The fourth-order valence-corrected chi connectivity index (χ4v) is 2.75. The number of hydrogen-bond acceptors (Lipinski definition) is 1. The van der Waals surface area contributed by atoms with Crippen molar-refractivity contribution in [3.63, 3.8) is 0 Å². The molecule has 0 amide bonds. The SMILES string of the molecule is Fc1cc(CC2CCCNC2)cc(Br)c1Cl. The smallest absolute Gasteiger partial charge is 0.143 e. The molecule has 1 aromatic carbocycles. The Kier molecular flexibility index (Phi) is 4.22. The molecule has 0 spiro atoms. The number of nitrogens with one attached hydrogen (secondary N) is 1. The maximum atomic E-state index is 13.4. The highest BCUT2D eigenvalue weighted by atomic mass is 79.9. The van der Waals surface area contributed by atoms with E-state index < -0.39 is 0 Å². The molecule has 0 aliphatic carbocycles. The number of hydrogen-bond donors (Lipinski definition) is 1. The normalized spacial score (nSPS) is 21.1. The number of rotatable bonds is 2. The average Bonchev–Trinajstić information content (AvgIpc) is 2.27. The molecule has 1 aliphatic rings. The van der Waals surface area contributed by atoms with Crippen LogP contribution in [0.5, 0.6) is 0 Å². The molecule has 1 N–H and O–H groups in total. The zero-order valence-corrected chi connectivity index (χ0v) is 11.2. The van der Waals surface area contributed by atoms with Crippen molar-refractivity contribution in [1.29, 1.82) is 0 Å². The lowest BCUT2D eigenvalue weighted by molar-refractivity contribution is 0.375. The highest BCUT2D eigenvalue weighted by Gasteiger charge is 2.15. The van der Waals surface area contributed by atoms with E-state index in [1.54, 1.807) is 6.07 Å². The van der Waals surface area contributed by atoms with Crippen LogP contribution in [0.3, 0.4) is 0 Å². The lowest BCUT2D eigenvalue weighted by Gasteiger charge is -2.22. The number of halogens is 3. The Morgan fingerprint density at radius 1 is 1.50 bits per heavy atom. The van der Waals surface area contributed by atoms with Crippen molar-refractivity contribution >= 4 is 27.5 Å². The Balaban J connectivity index is 2.09. The standard InChI is InChI=1S/C12H14BrClFN/c13-10-5-9(6-11(15)12(10)14)4-8-2-1-3-16-7-8/h5-6,8,16H,1-4,7H2. The van der Waals surface area contributed by atoms with Crippen LogP contribution in [0.2, 0.25) is 5.02 Å². The summed E-state index contributed by atoms with van der Waals surface area (Å²) in [6, 6.07) is 3.46. The average molecular weight is 307 g/mol.